The number of alkyl halides is 1. The lowest BCUT2D eigenvalue weighted by Gasteiger charge is -2.40. The molecule has 0 amide bonds. The highest BCUT2D eigenvalue weighted by molar-refractivity contribution is 6.18. The summed E-state index contributed by atoms with van der Waals surface area (Å²) in [6.45, 7) is 4.48. The van der Waals surface area contributed by atoms with Gasteiger partial charge in [0.05, 0.1) is 33.8 Å². The van der Waals surface area contributed by atoms with Crippen molar-refractivity contribution in [2.45, 2.75) is 38.2 Å². The zero-order chi connectivity index (χ0) is 23.9. The van der Waals surface area contributed by atoms with Crippen molar-refractivity contribution in [3.8, 4) is 34.1 Å². The Balaban J connectivity index is 2.20. The zero-order valence-corrected chi connectivity index (χ0v) is 21.2. The first-order valence-electron chi connectivity index (χ1n) is 11.1. The van der Waals surface area contributed by atoms with Crippen molar-refractivity contribution in [3.63, 3.8) is 0 Å². The molecule has 0 saturated carbocycles. The van der Waals surface area contributed by atoms with E-state index in [0.717, 1.165) is 56.9 Å². The van der Waals surface area contributed by atoms with E-state index < -0.39 is 0 Å². The van der Waals surface area contributed by atoms with Crippen LogP contribution in [0.1, 0.15) is 36.6 Å². The Morgan fingerprint density at radius 1 is 0.879 bits per heavy atom. The molecule has 1 aliphatic rings. The van der Waals surface area contributed by atoms with Crippen molar-refractivity contribution in [2.75, 3.05) is 35.5 Å². The lowest BCUT2D eigenvalue weighted by atomic mass is 9.81. The van der Waals surface area contributed by atoms with E-state index in [1.54, 1.807) is 28.4 Å². The maximum absolute atomic E-state index is 6.54. The van der Waals surface area contributed by atoms with E-state index in [9.17, 15) is 0 Å². The van der Waals surface area contributed by atoms with Crippen LogP contribution >= 0.6 is 11.6 Å². The second-order valence-corrected chi connectivity index (χ2v) is 8.84. The van der Waals surface area contributed by atoms with Gasteiger partial charge in [-0.05, 0) is 61.5 Å². The van der Waals surface area contributed by atoms with Gasteiger partial charge in [-0.2, -0.15) is 0 Å². The third kappa shape index (κ3) is 3.68. The van der Waals surface area contributed by atoms with Crippen LogP contribution in [0, 0.1) is 0 Å². The molecule has 0 aliphatic carbocycles. The number of methoxy groups -OCH3 is 4. The van der Waals surface area contributed by atoms with E-state index in [-0.39, 0.29) is 6.04 Å². The van der Waals surface area contributed by atoms with Gasteiger partial charge in [0.25, 0.3) is 0 Å². The summed E-state index contributed by atoms with van der Waals surface area (Å²) < 4.78 is 23.3. The predicted octanol–water partition coefficient (Wildman–Crippen LogP) is 6.22. The smallest absolute Gasteiger partial charge is 0.130 e. The third-order valence-electron chi connectivity index (χ3n) is 7.07. The first kappa shape index (κ1) is 23.5. The molecule has 1 aliphatic heterocycles. The normalized spacial score (nSPS) is 18.2. The molecule has 0 N–H and O–H groups in total. The summed E-state index contributed by atoms with van der Waals surface area (Å²) in [5, 5.41) is 1.95. The maximum Gasteiger partial charge on any atom is 0.130 e. The van der Waals surface area contributed by atoms with Crippen LogP contribution in [0.2, 0.25) is 0 Å². The minimum absolute atomic E-state index is 0.196. The predicted molar refractivity (Wildman–Crippen MR) is 134 cm³/mol. The van der Waals surface area contributed by atoms with Crippen LogP contribution in [0.25, 0.3) is 21.9 Å². The van der Waals surface area contributed by atoms with E-state index in [4.69, 9.17) is 30.5 Å². The standard InChI is InChI=1S/C27H32ClNO4/c1-15-11-19-24(16(2)29(15)3)22(32-6)13-23(33-7)27(19)25-17(14-28)12-21(31-5)26-18(25)9-8-10-20(26)30-4/h8-10,12-13,15-16H,11,14H2,1-7H3/t15-,16+/m0/s1. The Morgan fingerprint density at radius 2 is 1.55 bits per heavy atom. The Hall–Kier alpha value is -2.63. The molecule has 5 nitrogen and oxygen atoms in total. The average molecular weight is 470 g/mol. The summed E-state index contributed by atoms with van der Waals surface area (Å²) in [7, 11) is 8.95. The van der Waals surface area contributed by atoms with Crippen molar-refractivity contribution in [3.05, 3.63) is 47.0 Å². The van der Waals surface area contributed by atoms with Gasteiger partial charge in [-0.25, -0.2) is 0 Å². The summed E-state index contributed by atoms with van der Waals surface area (Å²) in [6, 6.07) is 10.6. The average Bonchev–Trinajstić information content (AvgIpc) is 2.84. The minimum Gasteiger partial charge on any atom is -0.496 e. The highest BCUT2D eigenvalue weighted by Crippen LogP contribution is 2.51. The number of fused-ring (bicyclic) bond motifs is 2. The van der Waals surface area contributed by atoms with Crippen molar-refractivity contribution in [1.29, 1.82) is 0 Å². The highest BCUT2D eigenvalue weighted by Gasteiger charge is 2.34. The van der Waals surface area contributed by atoms with Crippen molar-refractivity contribution in [2.24, 2.45) is 0 Å². The van der Waals surface area contributed by atoms with Gasteiger partial charge >= 0.3 is 0 Å². The molecule has 176 valence electrons. The van der Waals surface area contributed by atoms with Crippen LogP contribution in [0.3, 0.4) is 0 Å². The van der Waals surface area contributed by atoms with Crippen LogP contribution < -0.4 is 18.9 Å². The fraction of sp³-hybridized carbons (Fsp3) is 0.407. The van der Waals surface area contributed by atoms with Gasteiger partial charge in [0, 0.05) is 35.2 Å². The minimum atomic E-state index is 0.196. The Morgan fingerprint density at radius 3 is 2.15 bits per heavy atom. The fourth-order valence-electron chi connectivity index (χ4n) is 5.20. The van der Waals surface area contributed by atoms with E-state index in [2.05, 4.69) is 31.9 Å². The lowest BCUT2D eigenvalue weighted by molar-refractivity contribution is 0.175. The van der Waals surface area contributed by atoms with Gasteiger partial charge < -0.3 is 18.9 Å². The number of rotatable bonds is 6. The maximum atomic E-state index is 6.54. The topological polar surface area (TPSA) is 40.2 Å². The van der Waals surface area contributed by atoms with E-state index in [1.807, 2.05) is 24.3 Å². The number of hydrogen-bond donors (Lipinski definition) is 0. The first-order valence-corrected chi connectivity index (χ1v) is 11.7. The van der Waals surface area contributed by atoms with E-state index in [1.165, 1.54) is 11.1 Å². The van der Waals surface area contributed by atoms with Gasteiger partial charge in [-0.15, -0.1) is 11.6 Å². The van der Waals surface area contributed by atoms with Crippen molar-refractivity contribution < 1.29 is 18.9 Å². The molecule has 0 bridgehead atoms. The van der Waals surface area contributed by atoms with Gasteiger partial charge in [-0.3, -0.25) is 4.90 Å². The monoisotopic (exact) mass is 469 g/mol. The van der Waals surface area contributed by atoms with Gasteiger partial charge in [0.2, 0.25) is 0 Å². The summed E-state index contributed by atoms with van der Waals surface area (Å²) in [4.78, 5) is 2.39. The van der Waals surface area contributed by atoms with Crippen LogP contribution in [-0.2, 0) is 12.3 Å². The summed E-state index contributed by atoms with van der Waals surface area (Å²) in [5.74, 6) is 3.46. The van der Waals surface area contributed by atoms with Gasteiger partial charge in [0.1, 0.15) is 23.0 Å². The highest BCUT2D eigenvalue weighted by atomic mass is 35.5. The van der Waals surface area contributed by atoms with Crippen molar-refractivity contribution in [1.82, 2.24) is 4.90 Å². The van der Waals surface area contributed by atoms with Crippen LogP contribution in [-0.4, -0.2) is 46.4 Å². The second kappa shape index (κ2) is 9.32. The zero-order valence-electron chi connectivity index (χ0n) is 20.4. The molecule has 33 heavy (non-hydrogen) atoms. The third-order valence-corrected chi connectivity index (χ3v) is 7.35. The molecule has 4 rings (SSSR count). The van der Waals surface area contributed by atoms with E-state index in [0.29, 0.717) is 11.9 Å². The summed E-state index contributed by atoms with van der Waals surface area (Å²) >= 11 is 6.54. The molecule has 0 radical (unpaired) electrons. The molecular weight excluding hydrogens is 438 g/mol. The Bertz CT molecular complexity index is 1190. The largest absolute Gasteiger partial charge is 0.496 e. The van der Waals surface area contributed by atoms with Gasteiger partial charge in [-0.1, -0.05) is 12.1 Å². The number of halogens is 1. The fourth-order valence-corrected chi connectivity index (χ4v) is 5.41. The quantitative estimate of drug-likeness (QED) is 0.401. The summed E-state index contributed by atoms with van der Waals surface area (Å²) in [6.07, 6.45) is 0.873. The molecule has 0 unspecified atom stereocenters. The number of ether oxygens (including phenoxy) is 4. The second-order valence-electron chi connectivity index (χ2n) is 8.57. The van der Waals surface area contributed by atoms with E-state index >= 15 is 0 Å². The molecule has 1 heterocycles. The van der Waals surface area contributed by atoms with Crippen LogP contribution in [0.4, 0.5) is 0 Å². The number of likely N-dealkylation sites (N-methyl/N-ethyl adjacent to an activating group) is 1. The Labute approximate surface area is 201 Å². The van der Waals surface area contributed by atoms with Crippen molar-refractivity contribution >= 4 is 22.4 Å². The summed E-state index contributed by atoms with van der Waals surface area (Å²) in [5.41, 5.74) is 5.54. The molecule has 0 saturated heterocycles. The molecule has 0 spiro atoms. The molecule has 0 aromatic heterocycles. The lowest BCUT2D eigenvalue weighted by Crippen LogP contribution is -2.38. The Kier molecular flexibility index (Phi) is 6.64. The molecule has 0 fully saturated rings. The first-order chi connectivity index (χ1) is 15.9. The molecule has 6 heteroatoms. The molecule has 3 aromatic rings. The number of hydrogen-bond acceptors (Lipinski definition) is 5. The van der Waals surface area contributed by atoms with Crippen LogP contribution in [0.5, 0.6) is 23.0 Å². The number of benzene rings is 3. The molecular formula is C27H32ClNO4. The SMILES string of the molecule is COc1cc(OC)c2c(c1-c1c(CCl)cc(OC)c3c(OC)cccc13)C[C@H](C)N(C)[C@@H]2C. The number of nitrogens with zero attached hydrogens (tertiary/aromatic N) is 1. The van der Waals surface area contributed by atoms with Crippen LogP contribution in [0.15, 0.2) is 30.3 Å². The van der Waals surface area contributed by atoms with Gasteiger partial charge in [0.15, 0.2) is 0 Å². The molecule has 3 aromatic carbocycles. The molecule has 2 atom stereocenters.